The zero-order chi connectivity index (χ0) is 25.6. The van der Waals surface area contributed by atoms with Crippen molar-refractivity contribution in [3.05, 3.63) is 106 Å². The molecule has 4 nitrogen and oxygen atoms in total. The fourth-order valence-electron chi connectivity index (χ4n) is 5.50. The zero-order valence-electron chi connectivity index (χ0n) is 21.6. The summed E-state index contributed by atoms with van der Waals surface area (Å²) in [6, 6.07) is 25.1. The Morgan fingerprint density at radius 3 is 2.54 bits per heavy atom. The average Bonchev–Trinajstić information content (AvgIpc) is 3.27. The number of carbonyl (C=O) groups excluding carboxylic acids is 1. The van der Waals surface area contributed by atoms with Crippen molar-refractivity contribution in [2.24, 2.45) is 0 Å². The average molecular weight is 514 g/mol. The number of likely N-dealkylation sites (tertiary alicyclic amines) is 1. The van der Waals surface area contributed by atoms with Gasteiger partial charge < -0.3 is 14.8 Å². The Morgan fingerprint density at radius 2 is 1.76 bits per heavy atom. The van der Waals surface area contributed by atoms with Crippen LogP contribution < -0.4 is 5.32 Å². The molecule has 0 unspecified atom stereocenters. The SMILES string of the molecule is Cc1ccc(Cn2cc([C@H](CC(=O)NCCN3CCCCC3)c3cccc(Cl)c3)c3ccccc32)cc1. The van der Waals surface area contributed by atoms with E-state index in [1.54, 1.807) is 0 Å². The van der Waals surface area contributed by atoms with E-state index in [0.29, 0.717) is 18.0 Å². The van der Waals surface area contributed by atoms with E-state index >= 15 is 0 Å². The van der Waals surface area contributed by atoms with Gasteiger partial charge in [-0.15, -0.1) is 0 Å². The molecule has 1 atom stereocenters. The van der Waals surface area contributed by atoms with Crippen molar-refractivity contribution < 1.29 is 4.79 Å². The topological polar surface area (TPSA) is 37.3 Å². The fourth-order valence-corrected chi connectivity index (χ4v) is 5.70. The number of hydrogen-bond donors (Lipinski definition) is 1. The molecule has 1 amide bonds. The van der Waals surface area contributed by atoms with E-state index < -0.39 is 0 Å². The van der Waals surface area contributed by atoms with E-state index in [9.17, 15) is 4.79 Å². The fraction of sp³-hybridized carbons (Fsp3) is 0.344. The normalized spacial score (nSPS) is 15.1. The van der Waals surface area contributed by atoms with Gasteiger partial charge in [-0.1, -0.05) is 78.2 Å². The van der Waals surface area contributed by atoms with Gasteiger partial charge in [-0.25, -0.2) is 0 Å². The third kappa shape index (κ3) is 6.44. The molecule has 0 bridgehead atoms. The van der Waals surface area contributed by atoms with Gasteiger partial charge in [-0.3, -0.25) is 4.79 Å². The predicted molar refractivity (Wildman–Crippen MR) is 153 cm³/mol. The van der Waals surface area contributed by atoms with Gasteiger partial charge in [-0.2, -0.15) is 0 Å². The molecule has 2 heterocycles. The summed E-state index contributed by atoms with van der Waals surface area (Å²) in [7, 11) is 0. The van der Waals surface area contributed by atoms with Gasteiger partial charge in [0.1, 0.15) is 0 Å². The second kappa shape index (κ2) is 12.0. The number of halogens is 1. The van der Waals surface area contributed by atoms with Crippen LogP contribution in [0.1, 0.15) is 53.9 Å². The van der Waals surface area contributed by atoms with Gasteiger partial charge in [0, 0.05) is 54.1 Å². The molecule has 1 fully saturated rings. The molecule has 4 aromatic rings. The molecule has 5 heteroatoms. The minimum atomic E-state index is -0.0853. The van der Waals surface area contributed by atoms with Crippen LogP contribution >= 0.6 is 11.6 Å². The number of hydrogen-bond acceptors (Lipinski definition) is 2. The van der Waals surface area contributed by atoms with E-state index in [1.165, 1.54) is 41.3 Å². The molecular formula is C32H36ClN3O. The highest BCUT2D eigenvalue weighted by atomic mass is 35.5. The highest BCUT2D eigenvalue weighted by molar-refractivity contribution is 6.30. The summed E-state index contributed by atoms with van der Waals surface area (Å²) >= 11 is 6.41. The number of carbonyl (C=O) groups is 1. The Bertz CT molecular complexity index is 1340. The summed E-state index contributed by atoms with van der Waals surface area (Å²) < 4.78 is 2.31. The zero-order valence-corrected chi connectivity index (χ0v) is 22.4. The molecule has 1 aromatic heterocycles. The molecule has 0 radical (unpaired) electrons. The Hall–Kier alpha value is -3.08. The Balaban J connectivity index is 1.41. The predicted octanol–water partition coefficient (Wildman–Crippen LogP) is 6.78. The van der Waals surface area contributed by atoms with Crippen LogP contribution in [0.3, 0.4) is 0 Å². The molecule has 192 valence electrons. The summed E-state index contributed by atoms with van der Waals surface area (Å²) in [6.07, 6.45) is 6.46. The van der Waals surface area contributed by atoms with E-state index in [0.717, 1.165) is 37.3 Å². The number of nitrogens with zero attached hydrogens (tertiary/aromatic N) is 2. The van der Waals surface area contributed by atoms with Crippen molar-refractivity contribution in [3.8, 4) is 0 Å². The summed E-state index contributed by atoms with van der Waals surface area (Å²) in [5.74, 6) is -0.00444. The van der Waals surface area contributed by atoms with Crippen LogP contribution in [0.15, 0.2) is 79.0 Å². The second-order valence-electron chi connectivity index (χ2n) is 10.3. The Kier molecular flexibility index (Phi) is 8.28. The molecule has 1 saturated heterocycles. The molecule has 0 aliphatic carbocycles. The molecule has 0 spiro atoms. The first-order valence-electron chi connectivity index (χ1n) is 13.4. The molecule has 1 aliphatic heterocycles. The van der Waals surface area contributed by atoms with Crippen molar-refractivity contribution >= 4 is 28.4 Å². The van der Waals surface area contributed by atoms with Crippen LogP contribution in [0.2, 0.25) is 5.02 Å². The minimum Gasteiger partial charge on any atom is -0.355 e. The van der Waals surface area contributed by atoms with Crippen LogP contribution in [0, 0.1) is 6.92 Å². The van der Waals surface area contributed by atoms with Gasteiger partial charge in [-0.05, 0) is 67.7 Å². The monoisotopic (exact) mass is 513 g/mol. The molecule has 37 heavy (non-hydrogen) atoms. The lowest BCUT2D eigenvalue weighted by Gasteiger charge is -2.26. The van der Waals surface area contributed by atoms with Crippen molar-refractivity contribution in [1.82, 2.24) is 14.8 Å². The Labute approximate surface area is 225 Å². The third-order valence-corrected chi connectivity index (χ3v) is 7.74. The molecule has 3 aromatic carbocycles. The number of piperidine rings is 1. The van der Waals surface area contributed by atoms with Crippen LogP contribution in [0.4, 0.5) is 0 Å². The lowest BCUT2D eigenvalue weighted by molar-refractivity contribution is -0.121. The van der Waals surface area contributed by atoms with Gasteiger partial charge in [0.25, 0.3) is 0 Å². The maximum absolute atomic E-state index is 13.2. The summed E-state index contributed by atoms with van der Waals surface area (Å²) in [6.45, 7) is 6.79. The summed E-state index contributed by atoms with van der Waals surface area (Å²) in [4.78, 5) is 15.7. The van der Waals surface area contributed by atoms with Crippen molar-refractivity contribution in [1.29, 1.82) is 0 Å². The van der Waals surface area contributed by atoms with Crippen LogP contribution in [-0.4, -0.2) is 41.6 Å². The van der Waals surface area contributed by atoms with Crippen LogP contribution in [0.25, 0.3) is 10.9 Å². The minimum absolute atomic E-state index is 0.0809. The number of fused-ring (bicyclic) bond motifs is 1. The Morgan fingerprint density at radius 1 is 0.973 bits per heavy atom. The summed E-state index contributed by atoms with van der Waals surface area (Å²) in [5.41, 5.74) is 5.92. The van der Waals surface area contributed by atoms with Crippen molar-refractivity contribution in [2.75, 3.05) is 26.2 Å². The smallest absolute Gasteiger partial charge is 0.220 e. The standard InChI is InChI=1S/C32H36ClN3O/c1-24-12-14-25(15-13-24)22-36-23-30(28-10-3-4-11-31(28)36)29(26-8-7-9-27(33)20-26)21-32(37)34-16-19-35-17-5-2-6-18-35/h3-4,7-15,20,23,29H,2,5-6,16-19,21-22H2,1H3,(H,34,37)/t29-/m1/s1. The first-order valence-corrected chi connectivity index (χ1v) is 13.8. The molecule has 0 saturated carbocycles. The summed E-state index contributed by atoms with van der Waals surface area (Å²) in [5, 5.41) is 5.07. The van der Waals surface area contributed by atoms with Crippen molar-refractivity contribution in [3.63, 3.8) is 0 Å². The maximum atomic E-state index is 13.2. The van der Waals surface area contributed by atoms with E-state index in [1.807, 2.05) is 18.2 Å². The number of para-hydroxylation sites is 1. The molecular weight excluding hydrogens is 478 g/mol. The lowest BCUT2D eigenvalue weighted by atomic mass is 9.88. The number of benzene rings is 3. The first kappa shape index (κ1) is 25.6. The molecule has 1 aliphatic rings. The van der Waals surface area contributed by atoms with E-state index in [-0.39, 0.29) is 11.8 Å². The molecule has 1 N–H and O–H groups in total. The largest absolute Gasteiger partial charge is 0.355 e. The molecule has 5 rings (SSSR count). The lowest BCUT2D eigenvalue weighted by Crippen LogP contribution is -2.38. The first-order chi connectivity index (χ1) is 18.1. The van der Waals surface area contributed by atoms with Crippen LogP contribution in [0.5, 0.6) is 0 Å². The highest BCUT2D eigenvalue weighted by Gasteiger charge is 2.23. The number of aromatic nitrogens is 1. The highest BCUT2D eigenvalue weighted by Crippen LogP contribution is 2.36. The number of nitrogens with one attached hydrogen (secondary N) is 1. The van der Waals surface area contributed by atoms with Gasteiger partial charge in [0.15, 0.2) is 0 Å². The van der Waals surface area contributed by atoms with E-state index in [4.69, 9.17) is 11.6 Å². The third-order valence-electron chi connectivity index (χ3n) is 7.51. The quantitative estimate of drug-likeness (QED) is 0.268. The number of aryl methyl sites for hydroxylation is 1. The second-order valence-corrected chi connectivity index (χ2v) is 10.7. The number of rotatable bonds is 9. The van der Waals surface area contributed by atoms with Crippen LogP contribution in [-0.2, 0) is 11.3 Å². The van der Waals surface area contributed by atoms with Gasteiger partial charge >= 0.3 is 0 Å². The van der Waals surface area contributed by atoms with Gasteiger partial charge in [0.2, 0.25) is 5.91 Å². The van der Waals surface area contributed by atoms with E-state index in [2.05, 4.69) is 82.5 Å². The number of amides is 1. The van der Waals surface area contributed by atoms with Gasteiger partial charge in [0.05, 0.1) is 0 Å². The van der Waals surface area contributed by atoms with Crippen molar-refractivity contribution in [2.45, 2.75) is 45.1 Å². The maximum Gasteiger partial charge on any atom is 0.220 e.